The van der Waals surface area contributed by atoms with Gasteiger partial charge in [-0.2, -0.15) is 0 Å². The van der Waals surface area contributed by atoms with Crippen molar-refractivity contribution in [3.8, 4) is 5.75 Å². The Labute approximate surface area is 125 Å². The van der Waals surface area contributed by atoms with Gasteiger partial charge >= 0.3 is 0 Å². The number of benzene rings is 1. The normalized spacial score (nSPS) is 11.9. The first-order chi connectivity index (χ1) is 9.65. The topological polar surface area (TPSA) is 50.4 Å². The molecule has 1 amide bonds. The Bertz CT molecular complexity index is 395. The van der Waals surface area contributed by atoms with E-state index < -0.39 is 0 Å². The van der Waals surface area contributed by atoms with Crippen LogP contribution in [0.5, 0.6) is 5.75 Å². The first-order valence-corrected chi connectivity index (χ1v) is 7.35. The average Bonchev–Trinajstić information content (AvgIpc) is 2.45. The van der Waals surface area contributed by atoms with Crippen LogP contribution in [0.3, 0.4) is 0 Å². The van der Waals surface area contributed by atoms with Crippen molar-refractivity contribution in [3.63, 3.8) is 0 Å². The quantitative estimate of drug-likeness (QED) is 0.737. The highest BCUT2D eigenvalue weighted by molar-refractivity contribution is 6.30. The molecule has 1 aromatic carbocycles. The maximum Gasteiger partial charge on any atom is 0.257 e. The van der Waals surface area contributed by atoms with Crippen molar-refractivity contribution in [1.29, 1.82) is 0 Å². The highest BCUT2D eigenvalue weighted by Gasteiger charge is 2.06. The third-order valence-electron chi connectivity index (χ3n) is 3.04. The van der Waals surface area contributed by atoms with E-state index in [2.05, 4.69) is 17.6 Å². The van der Waals surface area contributed by atoms with E-state index >= 15 is 0 Å². The Morgan fingerprint density at radius 3 is 2.60 bits per heavy atom. The molecule has 1 atom stereocenters. The Hall–Kier alpha value is -1.26. The zero-order valence-electron chi connectivity index (χ0n) is 12.1. The number of hydrogen-bond donors (Lipinski definition) is 2. The van der Waals surface area contributed by atoms with Crippen LogP contribution in [-0.2, 0) is 4.79 Å². The number of nitrogens with one attached hydrogen (secondary N) is 2. The van der Waals surface area contributed by atoms with Crippen LogP contribution in [0.1, 0.15) is 26.2 Å². The fourth-order valence-electron chi connectivity index (χ4n) is 1.90. The number of carbonyl (C=O) groups excluding carboxylic acids is 1. The molecule has 1 rings (SSSR count). The number of hydrogen-bond acceptors (Lipinski definition) is 3. The molecule has 0 aliphatic carbocycles. The highest BCUT2D eigenvalue weighted by atomic mass is 35.5. The molecule has 0 aromatic heterocycles. The molecule has 0 spiro atoms. The predicted molar refractivity (Wildman–Crippen MR) is 82.3 cm³/mol. The van der Waals surface area contributed by atoms with Crippen LogP contribution in [0, 0.1) is 0 Å². The minimum Gasteiger partial charge on any atom is -0.484 e. The van der Waals surface area contributed by atoms with E-state index in [0.29, 0.717) is 23.4 Å². The van der Waals surface area contributed by atoms with E-state index in [1.807, 2.05) is 7.05 Å². The van der Waals surface area contributed by atoms with Crippen molar-refractivity contribution < 1.29 is 9.53 Å². The van der Waals surface area contributed by atoms with E-state index in [1.165, 1.54) is 0 Å². The molecule has 0 radical (unpaired) electrons. The second kappa shape index (κ2) is 9.61. The summed E-state index contributed by atoms with van der Waals surface area (Å²) in [6.45, 7) is 2.84. The summed E-state index contributed by atoms with van der Waals surface area (Å²) in [6.07, 6.45) is 3.18. The second-order valence-electron chi connectivity index (χ2n) is 4.66. The molecular weight excluding hydrogens is 276 g/mol. The molecule has 20 heavy (non-hydrogen) atoms. The summed E-state index contributed by atoms with van der Waals surface area (Å²) in [4.78, 5) is 11.6. The second-order valence-corrected chi connectivity index (χ2v) is 5.09. The number of halogens is 1. The molecule has 0 aliphatic rings. The zero-order chi connectivity index (χ0) is 14.8. The van der Waals surface area contributed by atoms with E-state index in [4.69, 9.17) is 16.3 Å². The molecular formula is C15H23ClN2O2. The Morgan fingerprint density at radius 2 is 2.00 bits per heavy atom. The third kappa shape index (κ3) is 6.78. The van der Waals surface area contributed by atoms with Gasteiger partial charge in [-0.05, 0) is 44.2 Å². The van der Waals surface area contributed by atoms with Gasteiger partial charge in [-0.15, -0.1) is 0 Å². The van der Waals surface area contributed by atoms with E-state index in [0.717, 1.165) is 19.3 Å². The maximum atomic E-state index is 11.6. The lowest BCUT2D eigenvalue weighted by molar-refractivity contribution is -0.123. The van der Waals surface area contributed by atoms with Crippen molar-refractivity contribution in [1.82, 2.24) is 10.6 Å². The van der Waals surface area contributed by atoms with Gasteiger partial charge in [0.05, 0.1) is 0 Å². The Morgan fingerprint density at radius 1 is 1.30 bits per heavy atom. The molecule has 0 saturated carbocycles. The van der Waals surface area contributed by atoms with Gasteiger partial charge in [0.15, 0.2) is 6.61 Å². The molecule has 4 nitrogen and oxygen atoms in total. The average molecular weight is 299 g/mol. The molecule has 5 heteroatoms. The summed E-state index contributed by atoms with van der Waals surface area (Å²) in [5, 5.41) is 6.75. The molecule has 2 N–H and O–H groups in total. The highest BCUT2D eigenvalue weighted by Crippen LogP contribution is 2.15. The number of ether oxygens (including phenoxy) is 1. The van der Waals surface area contributed by atoms with E-state index in [-0.39, 0.29) is 12.5 Å². The van der Waals surface area contributed by atoms with Crippen molar-refractivity contribution in [2.75, 3.05) is 20.2 Å². The van der Waals surface area contributed by atoms with Gasteiger partial charge in [0, 0.05) is 17.6 Å². The summed E-state index contributed by atoms with van der Waals surface area (Å²) in [6, 6.07) is 7.41. The molecule has 112 valence electrons. The van der Waals surface area contributed by atoms with Crippen molar-refractivity contribution in [2.45, 2.75) is 32.2 Å². The van der Waals surface area contributed by atoms with Crippen LogP contribution in [0.25, 0.3) is 0 Å². The first kappa shape index (κ1) is 16.8. The van der Waals surface area contributed by atoms with Crippen molar-refractivity contribution in [3.05, 3.63) is 29.3 Å². The summed E-state index contributed by atoms with van der Waals surface area (Å²) in [5.74, 6) is 0.537. The lowest BCUT2D eigenvalue weighted by Crippen LogP contribution is -2.34. The van der Waals surface area contributed by atoms with E-state index in [9.17, 15) is 4.79 Å². The SMILES string of the molecule is CCCC(CCNC(=O)COc1ccc(Cl)cc1)NC. The van der Waals surface area contributed by atoms with Crippen LogP contribution in [0.4, 0.5) is 0 Å². The molecule has 0 aliphatic heterocycles. The minimum absolute atomic E-state index is 0.0274. The van der Waals surface area contributed by atoms with Gasteiger partial charge in [-0.3, -0.25) is 4.79 Å². The Balaban J connectivity index is 2.18. The summed E-state index contributed by atoms with van der Waals surface area (Å²) in [5.41, 5.74) is 0. The summed E-state index contributed by atoms with van der Waals surface area (Å²) < 4.78 is 5.37. The van der Waals surface area contributed by atoms with Crippen LogP contribution in [0.15, 0.2) is 24.3 Å². The van der Waals surface area contributed by atoms with Gasteiger partial charge in [-0.1, -0.05) is 24.9 Å². The summed E-state index contributed by atoms with van der Waals surface area (Å²) in [7, 11) is 1.95. The van der Waals surface area contributed by atoms with Gasteiger partial charge in [0.25, 0.3) is 5.91 Å². The lowest BCUT2D eigenvalue weighted by Gasteiger charge is -2.15. The van der Waals surface area contributed by atoms with Gasteiger partial charge in [-0.25, -0.2) is 0 Å². The number of carbonyl (C=O) groups is 1. The zero-order valence-corrected chi connectivity index (χ0v) is 12.9. The molecule has 1 unspecified atom stereocenters. The standard InChI is InChI=1S/C15H23ClN2O2/c1-3-4-13(17-2)9-10-18-15(19)11-20-14-7-5-12(16)6-8-14/h5-8,13,17H,3-4,9-11H2,1-2H3,(H,18,19). The Kier molecular flexibility index (Phi) is 8.07. The molecule has 0 bridgehead atoms. The van der Waals surface area contributed by atoms with Crippen LogP contribution in [0.2, 0.25) is 5.02 Å². The molecule has 0 saturated heterocycles. The van der Waals surface area contributed by atoms with Crippen molar-refractivity contribution >= 4 is 17.5 Å². The smallest absolute Gasteiger partial charge is 0.257 e. The van der Waals surface area contributed by atoms with Gasteiger partial charge < -0.3 is 15.4 Å². The fourth-order valence-corrected chi connectivity index (χ4v) is 2.02. The van der Waals surface area contributed by atoms with Gasteiger partial charge in [0.1, 0.15) is 5.75 Å². The number of amides is 1. The summed E-state index contributed by atoms with van der Waals surface area (Å²) >= 11 is 5.77. The molecule has 1 aromatic rings. The lowest BCUT2D eigenvalue weighted by atomic mass is 10.1. The maximum absolute atomic E-state index is 11.6. The minimum atomic E-state index is -0.105. The van der Waals surface area contributed by atoms with Gasteiger partial charge in [0.2, 0.25) is 0 Å². The number of rotatable bonds is 9. The van der Waals surface area contributed by atoms with E-state index in [1.54, 1.807) is 24.3 Å². The first-order valence-electron chi connectivity index (χ1n) is 6.98. The monoisotopic (exact) mass is 298 g/mol. The predicted octanol–water partition coefficient (Wildman–Crippen LogP) is 2.61. The fraction of sp³-hybridized carbons (Fsp3) is 0.533. The molecule has 0 heterocycles. The molecule has 0 fully saturated rings. The third-order valence-corrected chi connectivity index (χ3v) is 3.30. The van der Waals surface area contributed by atoms with Crippen LogP contribution >= 0.6 is 11.6 Å². The van der Waals surface area contributed by atoms with Crippen LogP contribution < -0.4 is 15.4 Å². The van der Waals surface area contributed by atoms with Crippen molar-refractivity contribution in [2.24, 2.45) is 0 Å². The largest absolute Gasteiger partial charge is 0.484 e. The van der Waals surface area contributed by atoms with Crippen LogP contribution in [-0.4, -0.2) is 32.1 Å².